The largest absolute Gasteiger partial charge is 0.268 e. The number of nitrogens with zero attached hydrogens (tertiary/aromatic N) is 4. The van der Waals surface area contributed by atoms with Gasteiger partial charge in [-0.1, -0.05) is 56.8 Å². The number of aryl methyl sites for hydroxylation is 1. The smallest absolute Gasteiger partial charge is 0.265 e. The molecule has 0 saturated carbocycles. The van der Waals surface area contributed by atoms with Gasteiger partial charge in [-0.15, -0.1) is 5.10 Å². The molecule has 3 aromatic rings. The van der Waals surface area contributed by atoms with Gasteiger partial charge in [0.25, 0.3) is 5.56 Å². The third kappa shape index (κ3) is 2.73. The molecule has 1 aromatic carbocycles. The van der Waals surface area contributed by atoms with Crippen LogP contribution in [-0.4, -0.2) is 24.9 Å². The molecule has 142 valence electrons. The molecule has 2 heterocycles. The Labute approximate surface area is 163 Å². The summed E-state index contributed by atoms with van der Waals surface area (Å²) in [5.74, 6) is 1.59. The molecule has 0 bridgehead atoms. The third-order valence-corrected chi connectivity index (χ3v) is 6.80. The summed E-state index contributed by atoms with van der Waals surface area (Å²) in [6.45, 7) is 9.22. The highest BCUT2D eigenvalue weighted by Gasteiger charge is 2.38. The van der Waals surface area contributed by atoms with Crippen LogP contribution in [-0.2, 0) is 18.4 Å². The van der Waals surface area contributed by atoms with E-state index in [4.69, 9.17) is 4.98 Å². The zero-order valence-electron chi connectivity index (χ0n) is 16.5. The van der Waals surface area contributed by atoms with Crippen LogP contribution in [0.4, 0.5) is 0 Å². The van der Waals surface area contributed by atoms with Crippen LogP contribution in [0.25, 0.3) is 17.0 Å². The molecular weight excluding hydrogens is 356 g/mol. The van der Waals surface area contributed by atoms with Crippen molar-refractivity contribution in [3.8, 4) is 11.3 Å². The minimum atomic E-state index is -0.212. The van der Waals surface area contributed by atoms with Crippen molar-refractivity contribution in [2.45, 2.75) is 64.1 Å². The van der Waals surface area contributed by atoms with Crippen LogP contribution in [0, 0.1) is 0 Å². The SMILES string of the molecule is CCCSc1nn(CC)c2nc3c(c(=O)n12)C(C)(CC)Cc1ccccc1-3. The molecule has 0 aliphatic heterocycles. The van der Waals surface area contributed by atoms with Gasteiger partial charge in [0.15, 0.2) is 5.16 Å². The maximum Gasteiger partial charge on any atom is 0.265 e. The summed E-state index contributed by atoms with van der Waals surface area (Å²) >= 11 is 1.64. The van der Waals surface area contributed by atoms with Crippen molar-refractivity contribution in [3.63, 3.8) is 0 Å². The summed E-state index contributed by atoms with van der Waals surface area (Å²) in [5, 5.41) is 5.44. The van der Waals surface area contributed by atoms with Gasteiger partial charge in [0.2, 0.25) is 5.78 Å². The average molecular weight is 383 g/mol. The Morgan fingerprint density at radius 2 is 2.00 bits per heavy atom. The number of rotatable bonds is 5. The first-order chi connectivity index (χ1) is 13.0. The lowest BCUT2D eigenvalue weighted by Gasteiger charge is -2.35. The van der Waals surface area contributed by atoms with Crippen LogP contribution < -0.4 is 5.56 Å². The van der Waals surface area contributed by atoms with E-state index < -0.39 is 0 Å². The van der Waals surface area contributed by atoms with Gasteiger partial charge < -0.3 is 0 Å². The maximum atomic E-state index is 13.7. The molecular formula is C21H26N4OS. The van der Waals surface area contributed by atoms with Crippen molar-refractivity contribution >= 4 is 17.5 Å². The quantitative estimate of drug-likeness (QED) is 0.617. The highest BCUT2D eigenvalue weighted by molar-refractivity contribution is 7.99. The molecule has 5 nitrogen and oxygen atoms in total. The molecule has 2 aromatic heterocycles. The first-order valence-electron chi connectivity index (χ1n) is 9.79. The van der Waals surface area contributed by atoms with Gasteiger partial charge >= 0.3 is 0 Å². The minimum Gasteiger partial charge on any atom is -0.268 e. The van der Waals surface area contributed by atoms with E-state index in [1.807, 2.05) is 17.7 Å². The van der Waals surface area contributed by atoms with Gasteiger partial charge in [-0.3, -0.25) is 4.79 Å². The zero-order valence-corrected chi connectivity index (χ0v) is 17.3. The predicted octanol–water partition coefficient (Wildman–Crippen LogP) is 4.30. The van der Waals surface area contributed by atoms with Crippen molar-refractivity contribution in [2.75, 3.05) is 5.75 Å². The highest BCUT2D eigenvalue weighted by Crippen LogP contribution is 2.42. The summed E-state index contributed by atoms with van der Waals surface area (Å²) in [6.07, 6.45) is 2.81. The molecule has 0 amide bonds. The number of fused-ring (bicyclic) bond motifs is 4. The van der Waals surface area contributed by atoms with Crippen LogP contribution in [0.3, 0.4) is 0 Å². The van der Waals surface area contributed by atoms with E-state index in [0.717, 1.165) is 47.0 Å². The molecule has 1 aliphatic carbocycles. The van der Waals surface area contributed by atoms with Gasteiger partial charge in [-0.2, -0.15) is 0 Å². The number of hydrogen-bond donors (Lipinski definition) is 0. The first kappa shape index (κ1) is 18.3. The standard InChI is InChI=1S/C21H26N4OS/c1-5-12-27-20-23-24(7-3)19-22-17-15-11-9-8-10-14(15)13-21(4,6-2)16(17)18(26)25(19)20/h8-11H,5-7,12-13H2,1-4H3. The van der Waals surface area contributed by atoms with Crippen molar-refractivity contribution in [1.82, 2.24) is 19.2 Å². The van der Waals surface area contributed by atoms with E-state index in [-0.39, 0.29) is 11.0 Å². The molecule has 0 spiro atoms. The van der Waals surface area contributed by atoms with Crippen LogP contribution in [0.15, 0.2) is 34.2 Å². The fraction of sp³-hybridized carbons (Fsp3) is 0.476. The minimum absolute atomic E-state index is 0.0483. The maximum absolute atomic E-state index is 13.7. The Morgan fingerprint density at radius 3 is 2.70 bits per heavy atom. The molecule has 1 atom stereocenters. The Hall–Kier alpha value is -2.08. The van der Waals surface area contributed by atoms with Crippen LogP contribution >= 0.6 is 11.8 Å². The normalized spacial score (nSPS) is 18.5. The van der Waals surface area contributed by atoms with Gasteiger partial charge in [-0.05, 0) is 31.7 Å². The molecule has 1 aliphatic rings. The molecule has 0 radical (unpaired) electrons. The van der Waals surface area contributed by atoms with Crippen LogP contribution in [0.2, 0.25) is 0 Å². The Bertz CT molecular complexity index is 1070. The third-order valence-electron chi connectivity index (χ3n) is 5.67. The lowest BCUT2D eigenvalue weighted by molar-refractivity contribution is 0.439. The van der Waals surface area contributed by atoms with Crippen molar-refractivity contribution in [1.29, 1.82) is 0 Å². The van der Waals surface area contributed by atoms with Crippen molar-refractivity contribution in [3.05, 3.63) is 45.7 Å². The number of thioether (sulfide) groups is 1. The zero-order chi connectivity index (χ0) is 19.2. The summed E-state index contributed by atoms with van der Waals surface area (Å²) in [5.41, 5.74) is 3.88. The van der Waals surface area contributed by atoms with E-state index in [1.54, 1.807) is 16.2 Å². The monoisotopic (exact) mass is 382 g/mol. The van der Waals surface area contributed by atoms with Gasteiger partial charge in [0, 0.05) is 23.3 Å². The second kappa shape index (κ2) is 6.82. The van der Waals surface area contributed by atoms with Crippen molar-refractivity contribution < 1.29 is 0 Å². The Balaban J connectivity index is 2.10. The highest BCUT2D eigenvalue weighted by atomic mass is 32.2. The number of aromatic nitrogens is 4. The number of benzene rings is 1. The molecule has 0 N–H and O–H groups in total. The average Bonchev–Trinajstić information content (AvgIpc) is 3.04. The summed E-state index contributed by atoms with van der Waals surface area (Å²) in [7, 11) is 0. The summed E-state index contributed by atoms with van der Waals surface area (Å²) in [6, 6.07) is 8.35. The second-order valence-corrected chi connectivity index (χ2v) is 8.53. The molecule has 6 heteroatoms. The Morgan fingerprint density at radius 1 is 1.22 bits per heavy atom. The van der Waals surface area contributed by atoms with E-state index >= 15 is 0 Å². The lowest BCUT2D eigenvalue weighted by Crippen LogP contribution is -2.37. The molecule has 0 saturated heterocycles. The van der Waals surface area contributed by atoms with Crippen LogP contribution in [0.1, 0.15) is 51.7 Å². The van der Waals surface area contributed by atoms with E-state index in [1.165, 1.54) is 5.56 Å². The Kier molecular flexibility index (Phi) is 4.62. The van der Waals surface area contributed by atoms with E-state index in [2.05, 4.69) is 44.1 Å². The molecule has 0 fully saturated rings. The molecule has 4 rings (SSSR count). The fourth-order valence-electron chi connectivity index (χ4n) is 4.00. The van der Waals surface area contributed by atoms with E-state index in [9.17, 15) is 4.79 Å². The topological polar surface area (TPSA) is 52.2 Å². The van der Waals surface area contributed by atoms with E-state index in [0.29, 0.717) is 12.3 Å². The fourth-order valence-corrected chi connectivity index (χ4v) is 4.84. The summed E-state index contributed by atoms with van der Waals surface area (Å²) < 4.78 is 3.59. The predicted molar refractivity (Wildman–Crippen MR) is 111 cm³/mol. The van der Waals surface area contributed by atoms with Gasteiger partial charge in [0.05, 0.1) is 11.3 Å². The molecule has 27 heavy (non-hydrogen) atoms. The second-order valence-electron chi connectivity index (χ2n) is 7.47. The first-order valence-corrected chi connectivity index (χ1v) is 10.8. The number of hydrogen-bond acceptors (Lipinski definition) is 4. The lowest BCUT2D eigenvalue weighted by atomic mass is 9.69. The van der Waals surface area contributed by atoms with Gasteiger partial charge in [0.1, 0.15) is 0 Å². The molecule has 1 unspecified atom stereocenters. The van der Waals surface area contributed by atoms with Crippen LogP contribution in [0.5, 0.6) is 0 Å². The summed E-state index contributed by atoms with van der Waals surface area (Å²) in [4.78, 5) is 18.7. The van der Waals surface area contributed by atoms with Gasteiger partial charge in [-0.25, -0.2) is 14.1 Å². The van der Waals surface area contributed by atoms with Crippen molar-refractivity contribution in [2.24, 2.45) is 0 Å².